The van der Waals surface area contributed by atoms with Gasteiger partial charge in [-0.05, 0) is 5.56 Å². The Labute approximate surface area is 124 Å². The van der Waals surface area contributed by atoms with E-state index in [4.69, 9.17) is 0 Å². The molecule has 3 rings (SSSR count). The molecule has 1 aliphatic rings. The van der Waals surface area contributed by atoms with Crippen molar-refractivity contribution in [2.45, 2.75) is 0 Å². The summed E-state index contributed by atoms with van der Waals surface area (Å²) in [5, 5.41) is 0. The molecule has 0 atom stereocenters. The molecule has 104 valence electrons. The van der Waals surface area contributed by atoms with Gasteiger partial charge in [0, 0.05) is 19.7 Å². The van der Waals surface area contributed by atoms with E-state index in [1.165, 1.54) is 0 Å². The predicted molar refractivity (Wildman–Crippen MR) is 85.8 cm³/mol. The standard InChI is InChI=1S/C18H16N2O/c1-20(2)18-17(21)15(13-9-5-3-6-10-13)16(19-18)14-11-7-4-8-12-14/h3-12H,1-2H3. The van der Waals surface area contributed by atoms with Crippen LogP contribution in [0.5, 0.6) is 0 Å². The SMILES string of the molecule is CN(C)C1=NC(c2ccccc2)=C(c2ccccc2)C1=O. The Morgan fingerprint density at radius 2 is 1.33 bits per heavy atom. The maximum absolute atomic E-state index is 12.7. The lowest BCUT2D eigenvalue weighted by molar-refractivity contribution is -0.108. The molecule has 0 bridgehead atoms. The maximum atomic E-state index is 12.7. The van der Waals surface area contributed by atoms with Gasteiger partial charge in [0.25, 0.3) is 0 Å². The van der Waals surface area contributed by atoms with Crippen molar-refractivity contribution >= 4 is 22.9 Å². The first-order chi connectivity index (χ1) is 10.2. The third-order valence-electron chi connectivity index (χ3n) is 3.42. The number of benzene rings is 2. The molecule has 1 heterocycles. The number of ketones is 1. The first kappa shape index (κ1) is 13.3. The molecule has 0 amide bonds. The van der Waals surface area contributed by atoms with Crippen LogP contribution in [0.4, 0.5) is 0 Å². The highest BCUT2D eigenvalue weighted by Crippen LogP contribution is 2.33. The summed E-state index contributed by atoms with van der Waals surface area (Å²) in [6.07, 6.45) is 0. The van der Waals surface area contributed by atoms with Gasteiger partial charge in [-0.25, -0.2) is 4.99 Å². The highest BCUT2D eigenvalue weighted by Gasteiger charge is 2.30. The van der Waals surface area contributed by atoms with Crippen LogP contribution in [0.15, 0.2) is 65.7 Å². The third-order valence-corrected chi connectivity index (χ3v) is 3.42. The second-order valence-electron chi connectivity index (χ2n) is 5.11. The van der Waals surface area contributed by atoms with Gasteiger partial charge in [-0.1, -0.05) is 60.7 Å². The minimum atomic E-state index is -0.0231. The molecule has 0 aromatic heterocycles. The highest BCUT2D eigenvalue weighted by molar-refractivity contribution is 6.60. The van der Waals surface area contributed by atoms with Gasteiger partial charge < -0.3 is 4.90 Å². The average molecular weight is 276 g/mol. The van der Waals surface area contributed by atoms with Crippen molar-refractivity contribution in [2.75, 3.05) is 14.1 Å². The number of carbonyl (C=O) groups excluding carboxylic acids is 1. The van der Waals surface area contributed by atoms with Crippen LogP contribution in [0.3, 0.4) is 0 Å². The second-order valence-corrected chi connectivity index (χ2v) is 5.11. The molecule has 0 fully saturated rings. The average Bonchev–Trinajstić information content (AvgIpc) is 2.87. The van der Waals surface area contributed by atoms with Crippen molar-refractivity contribution < 1.29 is 4.79 Å². The van der Waals surface area contributed by atoms with Crippen molar-refractivity contribution in [1.29, 1.82) is 0 Å². The molecule has 0 spiro atoms. The smallest absolute Gasteiger partial charge is 0.230 e. The van der Waals surface area contributed by atoms with Crippen LogP contribution in [0.2, 0.25) is 0 Å². The number of amidine groups is 1. The number of nitrogens with zero attached hydrogens (tertiary/aromatic N) is 2. The van der Waals surface area contributed by atoms with Crippen molar-refractivity contribution in [3.8, 4) is 0 Å². The molecule has 0 aliphatic carbocycles. The summed E-state index contributed by atoms with van der Waals surface area (Å²) in [4.78, 5) is 19.0. The zero-order chi connectivity index (χ0) is 14.8. The van der Waals surface area contributed by atoms with E-state index >= 15 is 0 Å². The van der Waals surface area contributed by atoms with Crippen LogP contribution in [-0.4, -0.2) is 30.6 Å². The fourth-order valence-corrected chi connectivity index (χ4v) is 2.41. The quantitative estimate of drug-likeness (QED) is 0.844. The van der Waals surface area contributed by atoms with Gasteiger partial charge in [-0.3, -0.25) is 4.79 Å². The topological polar surface area (TPSA) is 32.7 Å². The number of carbonyl (C=O) groups is 1. The van der Waals surface area contributed by atoms with Crippen LogP contribution in [0.25, 0.3) is 11.3 Å². The predicted octanol–water partition coefficient (Wildman–Crippen LogP) is 3.10. The summed E-state index contributed by atoms with van der Waals surface area (Å²) in [5.74, 6) is 0.456. The Morgan fingerprint density at radius 1 is 0.810 bits per heavy atom. The van der Waals surface area contributed by atoms with E-state index in [1.54, 1.807) is 4.90 Å². The molecule has 0 N–H and O–H groups in total. The fourth-order valence-electron chi connectivity index (χ4n) is 2.41. The molecule has 1 aliphatic heterocycles. The molecule has 0 saturated heterocycles. The van der Waals surface area contributed by atoms with Crippen molar-refractivity contribution in [3.63, 3.8) is 0 Å². The van der Waals surface area contributed by atoms with E-state index in [-0.39, 0.29) is 5.78 Å². The van der Waals surface area contributed by atoms with E-state index in [9.17, 15) is 4.79 Å². The van der Waals surface area contributed by atoms with E-state index < -0.39 is 0 Å². The molecule has 0 radical (unpaired) electrons. The van der Waals surface area contributed by atoms with Gasteiger partial charge in [0.05, 0.1) is 11.3 Å². The normalized spacial score (nSPS) is 14.4. The number of aliphatic imine (C=N–C) groups is 1. The Kier molecular flexibility index (Phi) is 3.40. The lowest BCUT2D eigenvalue weighted by Gasteiger charge is -2.10. The van der Waals surface area contributed by atoms with Crippen LogP contribution < -0.4 is 0 Å². The van der Waals surface area contributed by atoms with E-state index in [1.807, 2.05) is 74.8 Å². The summed E-state index contributed by atoms with van der Waals surface area (Å²) in [6, 6.07) is 19.5. The number of rotatable bonds is 2. The Bertz CT molecular complexity index is 728. The maximum Gasteiger partial charge on any atom is 0.230 e. The summed E-state index contributed by atoms with van der Waals surface area (Å²) in [7, 11) is 3.68. The molecular formula is C18H16N2O. The number of Topliss-reactive ketones (excluding diaryl/α,β-unsaturated/α-hetero) is 1. The Hall–Kier alpha value is -2.68. The monoisotopic (exact) mass is 276 g/mol. The first-order valence-corrected chi connectivity index (χ1v) is 6.84. The molecule has 0 unspecified atom stereocenters. The van der Waals surface area contributed by atoms with E-state index in [2.05, 4.69) is 4.99 Å². The highest BCUT2D eigenvalue weighted by atomic mass is 16.1. The number of hydrogen-bond donors (Lipinski definition) is 0. The molecular weight excluding hydrogens is 260 g/mol. The molecule has 2 aromatic rings. The van der Waals surface area contributed by atoms with Crippen LogP contribution in [0.1, 0.15) is 11.1 Å². The second kappa shape index (κ2) is 5.37. The molecule has 3 heteroatoms. The van der Waals surface area contributed by atoms with Crippen molar-refractivity contribution in [3.05, 3.63) is 71.8 Å². The van der Waals surface area contributed by atoms with E-state index in [0.29, 0.717) is 11.4 Å². The van der Waals surface area contributed by atoms with Gasteiger partial charge >= 0.3 is 0 Å². The van der Waals surface area contributed by atoms with Gasteiger partial charge in [0.15, 0.2) is 5.84 Å². The lowest BCUT2D eigenvalue weighted by Crippen LogP contribution is -2.28. The lowest BCUT2D eigenvalue weighted by atomic mass is 9.98. The van der Waals surface area contributed by atoms with Crippen molar-refractivity contribution in [2.24, 2.45) is 4.99 Å². The third kappa shape index (κ3) is 2.38. The molecule has 2 aromatic carbocycles. The molecule has 3 nitrogen and oxygen atoms in total. The minimum Gasteiger partial charge on any atom is -0.359 e. The largest absolute Gasteiger partial charge is 0.359 e. The van der Waals surface area contributed by atoms with Gasteiger partial charge in [-0.15, -0.1) is 0 Å². The Balaban J connectivity index is 2.19. The van der Waals surface area contributed by atoms with Crippen LogP contribution in [0, 0.1) is 0 Å². The first-order valence-electron chi connectivity index (χ1n) is 6.84. The molecule has 21 heavy (non-hydrogen) atoms. The fraction of sp³-hybridized carbons (Fsp3) is 0.111. The Morgan fingerprint density at radius 3 is 1.86 bits per heavy atom. The molecule has 0 saturated carbocycles. The summed E-state index contributed by atoms with van der Waals surface area (Å²) >= 11 is 0. The van der Waals surface area contributed by atoms with Gasteiger partial charge in [0.1, 0.15) is 0 Å². The van der Waals surface area contributed by atoms with E-state index in [0.717, 1.165) is 16.8 Å². The number of likely N-dealkylation sites (N-methyl/N-ethyl adjacent to an activating group) is 1. The summed E-state index contributed by atoms with van der Waals surface area (Å²) in [5.41, 5.74) is 3.28. The zero-order valence-electron chi connectivity index (χ0n) is 12.1. The van der Waals surface area contributed by atoms with Gasteiger partial charge in [-0.2, -0.15) is 0 Å². The summed E-state index contributed by atoms with van der Waals surface area (Å²) < 4.78 is 0. The van der Waals surface area contributed by atoms with Crippen LogP contribution in [-0.2, 0) is 4.79 Å². The van der Waals surface area contributed by atoms with Crippen molar-refractivity contribution in [1.82, 2.24) is 4.90 Å². The minimum absolute atomic E-state index is 0.0231. The number of hydrogen-bond acceptors (Lipinski definition) is 3. The van der Waals surface area contributed by atoms with Gasteiger partial charge in [0.2, 0.25) is 5.78 Å². The van der Waals surface area contributed by atoms with Crippen LogP contribution >= 0.6 is 0 Å². The summed E-state index contributed by atoms with van der Waals surface area (Å²) in [6.45, 7) is 0. The zero-order valence-corrected chi connectivity index (χ0v) is 12.1.